The van der Waals surface area contributed by atoms with Gasteiger partial charge in [-0.2, -0.15) is 5.26 Å². The van der Waals surface area contributed by atoms with E-state index < -0.39 is 5.41 Å². The van der Waals surface area contributed by atoms with Crippen molar-refractivity contribution in [2.24, 2.45) is 11.1 Å². The summed E-state index contributed by atoms with van der Waals surface area (Å²) in [5.41, 5.74) is 6.13. The Labute approximate surface area is 122 Å². The third-order valence-corrected chi connectivity index (χ3v) is 4.07. The number of nitrogens with zero attached hydrogens (tertiary/aromatic N) is 1. The van der Waals surface area contributed by atoms with Crippen LogP contribution in [0.2, 0.25) is 0 Å². The van der Waals surface area contributed by atoms with E-state index in [0.29, 0.717) is 30.6 Å². The molecule has 0 radical (unpaired) electrons. The summed E-state index contributed by atoms with van der Waals surface area (Å²) in [5.74, 6) is -0.126. The molecule has 0 saturated heterocycles. The second-order valence-corrected chi connectivity index (χ2v) is 5.36. The van der Waals surface area contributed by atoms with Gasteiger partial charge in [-0.1, -0.05) is 29.8 Å². The minimum atomic E-state index is -0.570. The van der Waals surface area contributed by atoms with E-state index in [0.717, 1.165) is 4.47 Å². The van der Waals surface area contributed by atoms with Crippen LogP contribution in [0.5, 0.6) is 0 Å². The van der Waals surface area contributed by atoms with E-state index in [1.54, 1.807) is 18.2 Å². The van der Waals surface area contributed by atoms with E-state index >= 15 is 0 Å². The largest absolute Gasteiger partial charge is 0.329 e. The fourth-order valence-electron chi connectivity index (χ4n) is 1.93. The van der Waals surface area contributed by atoms with Gasteiger partial charge in [-0.15, -0.1) is 0 Å². The molecule has 0 fully saturated rings. The lowest BCUT2D eigenvalue weighted by Crippen LogP contribution is -2.41. The average molecular weight is 324 g/mol. The Bertz CT molecular complexity index is 496. The van der Waals surface area contributed by atoms with Crippen LogP contribution in [-0.4, -0.2) is 12.5 Å². The van der Waals surface area contributed by atoms with Crippen molar-refractivity contribution in [1.29, 1.82) is 5.26 Å². The van der Waals surface area contributed by atoms with E-state index in [1.807, 2.05) is 13.8 Å². The molecule has 0 aliphatic heterocycles. The Morgan fingerprint density at radius 3 is 2.58 bits per heavy atom. The normalized spacial score (nSPS) is 10.9. The van der Waals surface area contributed by atoms with Crippen LogP contribution in [0, 0.1) is 16.7 Å². The number of nitrogens with two attached hydrogens (primary N) is 1. The number of hydrogen-bond donors (Lipinski definition) is 2. The fraction of sp³-hybridized carbons (Fsp3) is 0.429. The molecule has 0 aliphatic carbocycles. The Balaban J connectivity index is 3.03. The van der Waals surface area contributed by atoms with Crippen LogP contribution < -0.4 is 11.1 Å². The summed E-state index contributed by atoms with van der Waals surface area (Å²) < 4.78 is 0.804. The number of benzene rings is 1. The van der Waals surface area contributed by atoms with Crippen molar-refractivity contribution < 1.29 is 4.79 Å². The van der Waals surface area contributed by atoms with Gasteiger partial charge in [0.15, 0.2) is 0 Å². The van der Waals surface area contributed by atoms with Gasteiger partial charge in [-0.05, 0) is 31.0 Å². The zero-order valence-electron chi connectivity index (χ0n) is 11.2. The third kappa shape index (κ3) is 3.34. The summed E-state index contributed by atoms with van der Waals surface area (Å²) in [6.45, 7) is 4.19. The number of nitriles is 1. The summed E-state index contributed by atoms with van der Waals surface area (Å²) in [6.07, 6.45) is 1.34. The van der Waals surface area contributed by atoms with Crippen molar-refractivity contribution in [3.05, 3.63) is 28.2 Å². The van der Waals surface area contributed by atoms with Crippen LogP contribution in [0.25, 0.3) is 0 Å². The maximum absolute atomic E-state index is 12.4. The topological polar surface area (TPSA) is 78.9 Å². The lowest BCUT2D eigenvalue weighted by atomic mass is 9.81. The molecule has 0 unspecified atom stereocenters. The molecule has 1 amide bonds. The van der Waals surface area contributed by atoms with E-state index in [9.17, 15) is 4.79 Å². The highest BCUT2D eigenvalue weighted by molar-refractivity contribution is 9.10. The molecule has 0 atom stereocenters. The van der Waals surface area contributed by atoms with Gasteiger partial charge in [-0.3, -0.25) is 4.79 Å². The quantitative estimate of drug-likeness (QED) is 0.874. The van der Waals surface area contributed by atoms with Gasteiger partial charge >= 0.3 is 0 Å². The predicted octanol–water partition coefficient (Wildman–Crippen LogP) is 3.02. The lowest BCUT2D eigenvalue weighted by Gasteiger charge is -2.28. The first kappa shape index (κ1) is 15.7. The first-order chi connectivity index (χ1) is 9.02. The molecule has 0 bridgehead atoms. The van der Waals surface area contributed by atoms with Crippen LogP contribution >= 0.6 is 15.9 Å². The molecule has 19 heavy (non-hydrogen) atoms. The lowest BCUT2D eigenvalue weighted by molar-refractivity contribution is -0.125. The Morgan fingerprint density at radius 1 is 1.47 bits per heavy atom. The van der Waals surface area contributed by atoms with Crippen molar-refractivity contribution >= 4 is 27.5 Å². The van der Waals surface area contributed by atoms with Crippen molar-refractivity contribution in [3.8, 4) is 6.07 Å². The first-order valence-electron chi connectivity index (χ1n) is 6.24. The number of halogens is 1. The second-order valence-electron chi connectivity index (χ2n) is 4.45. The molecular weight excluding hydrogens is 306 g/mol. The zero-order chi connectivity index (χ0) is 14.5. The van der Waals surface area contributed by atoms with Gasteiger partial charge < -0.3 is 11.1 Å². The molecule has 1 rings (SSSR count). The number of amides is 1. The van der Waals surface area contributed by atoms with E-state index in [4.69, 9.17) is 11.0 Å². The van der Waals surface area contributed by atoms with Crippen molar-refractivity contribution in [2.75, 3.05) is 11.9 Å². The second kappa shape index (κ2) is 6.69. The minimum absolute atomic E-state index is 0.126. The summed E-state index contributed by atoms with van der Waals surface area (Å²) in [7, 11) is 0. The summed E-state index contributed by atoms with van der Waals surface area (Å²) in [5, 5.41) is 11.9. The van der Waals surface area contributed by atoms with E-state index in [1.165, 1.54) is 0 Å². The van der Waals surface area contributed by atoms with Crippen LogP contribution in [0.15, 0.2) is 22.7 Å². The molecular formula is C14H18BrN3O. The Hall–Kier alpha value is -1.38. The standard InChI is InChI=1S/C14H18BrN3O/c1-3-14(4-2,9-17)13(19)18-12-6-5-11(15)7-10(12)8-16/h5-7H,3-4,9,17H2,1-2H3,(H,18,19). The molecule has 0 heterocycles. The van der Waals surface area contributed by atoms with Crippen LogP contribution in [0.3, 0.4) is 0 Å². The summed E-state index contributed by atoms with van der Waals surface area (Å²) in [6, 6.07) is 7.26. The molecule has 0 saturated carbocycles. The summed E-state index contributed by atoms with van der Waals surface area (Å²) >= 11 is 3.30. The van der Waals surface area contributed by atoms with Crippen LogP contribution in [-0.2, 0) is 4.79 Å². The van der Waals surface area contributed by atoms with Crippen LogP contribution in [0.1, 0.15) is 32.3 Å². The smallest absolute Gasteiger partial charge is 0.231 e. The molecule has 5 heteroatoms. The molecule has 4 nitrogen and oxygen atoms in total. The Morgan fingerprint density at radius 2 is 2.11 bits per heavy atom. The summed E-state index contributed by atoms with van der Waals surface area (Å²) in [4.78, 5) is 12.4. The molecule has 1 aromatic rings. The van der Waals surface area contributed by atoms with E-state index in [2.05, 4.69) is 27.3 Å². The van der Waals surface area contributed by atoms with Crippen LogP contribution in [0.4, 0.5) is 5.69 Å². The SMILES string of the molecule is CCC(CC)(CN)C(=O)Nc1ccc(Br)cc1C#N. The highest BCUT2D eigenvalue weighted by Gasteiger charge is 2.33. The average Bonchev–Trinajstić information content (AvgIpc) is 2.43. The molecule has 3 N–H and O–H groups in total. The molecule has 0 aliphatic rings. The first-order valence-corrected chi connectivity index (χ1v) is 7.03. The van der Waals surface area contributed by atoms with E-state index in [-0.39, 0.29) is 5.91 Å². The van der Waals surface area contributed by atoms with Gasteiger partial charge in [0, 0.05) is 11.0 Å². The monoisotopic (exact) mass is 323 g/mol. The molecule has 0 aromatic heterocycles. The zero-order valence-corrected chi connectivity index (χ0v) is 12.8. The predicted molar refractivity (Wildman–Crippen MR) is 79.6 cm³/mol. The number of hydrogen-bond acceptors (Lipinski definition) is 3. The number of carbonyl (C=O) groups is 1. The maximum Gasteiger partial charge on any atom is 0.231 e. The van der Waals surface area contributed by atoms with Crippen molar-refractivity contribution in [3.63, 3.8) is 0 Å². The van der Waals surface area contributed by atoms with Gasteiger partial charge in [0.05, 0.1) is 16.7 Å². The highest BCUT2D eigenvalue weighted by Crippen LogP contribution is 2.28. The number of carbonyl (C=O) groups excluding carboxylic acids is 1. The molecule has 102 valence electrons. The van der Waals surface area contributed by atoms with Gasteiger partial charge in [0.2, 0.25) is 5.91 Å². The minimum Gasteiger partial charge on any atom is -0.329 e. The fourth-order valence-corrected chi connectivity index (χ4v) is 2.29. The van der Waals surface area contributed by atoms with Gasteiger partial charge in [0.25, 0.3) is 0 Å². The number of nitrogens with one attached hydrogen (secondary N) is 1. The van der Waals surface area contributed by atoms with Gasteiger partial charge in [0.1, 0.15) is 6.07 Å². The molecule has 1 aromatic carbocycles. The number of rotatable bonds is 5. The third-order valence-electron chi connectivity index (χ3n) is 3.58. The Kier molecular flexibility index (Phi) is 5.52. The van der Waals surface area contributed by atoms with Crippen molar-refractivity contribution in [2.45, 2.75) is 26.7 Å². The number of anilines is 1. The van der Waals surface area contributed by atoms with Gasteiger partial charge in [-0.25, -0.2) is 0 Å². The maximum atomic E-state index is 12.4. The highest BCUT2D eigenvalue weighted by atomic mass is 79.9. The van der Waals surface area contributed by atoms with Crippen molar-refractivity contribution in [1.82, 2.24) is 0 Å². The molecule has 0 spiro atoms.